The Labute approximate surface area is 106 Å². The Morgan fingerprint density at radius 2 is 2.06 bits per heavy atom. The number of hydrogen-bond acceptors (Lipinski definition) is 4. The maximum absolute atomic E-state index is 5.70. The molecule has 0 radical (unpaired) electrons. The highest BCUT2D eigenvalue weighted by atomic mass is 16.5. The van der Waals surface area contributed by atoms with E-state index in [-0.39, 0.29) is 0 Å². The van der Waals surface area contributed by atoms with Gasteiger partial charge in [-0.1, -0.05) is 0 Å². The van der Waals surface area contributed by atoms with Crippen molar-refractivity contribution < 1.29 is 9.47 Å². The highest BCUT2D eigenvalue weighted by molar-refractivity contribution is 5.47. The first-order chi connectivity index (χ1) is 8.69. The number of nitrogens with two attached hydrogens (primary N) is 1. The molecule has 18 heavy (non-hydrogen) atoms. The summed E-state index contributed by atoms with van der Waals surface area (Å²) in [4.78, 5) is 4.22. The second kappa shape index (κ2) is 5.40. The van der Waals surface area contributed by atoms with Crippen LogP contribution in [0.15, 0.2) is 36.5 Å². The number of pyridine rings is 1. The number of anilines is 1. The molecule has 2 aromatic rings. The van der Waals surface area contributed by atoms with Crippen molar-refractivity contribution in [3.8, 4) is 11.5 Å². The van der Waals surface area contributed by atoms with Crippen molar-refractivity contribution in [2.75, 3.05) is 12.8 Å². The number of hydrogen-bond donors (Lipinski definition) is 1. The molecule has 0 saturated heterocycles. The molecule has 0 unspecified atom stereocenters. The fraction of sp³-hybridized carbons (Fsp3) is 0.214. The van der Waals surface area contributed by atoms with Crippen molar-refractivity contribution in [1.82, 2.24) is 4.98 Å². The molecule has 0 spiro atoms. The minimum atomic E-state index is 0.405. The lowest BCUT2D eigenvalue weighted by Gasteiger charge is -2.09. The van der Waals surface area contributed by atoms with Crippen LogP contribution in [0.4, 0.5) is 5.69 Å². The summed E-state index contributed by atoms with van der Waals surface area (Å²) in [6.45, 7) is 2.37. The average Bonchev–Trinajstić information content (AvgIpc) is 2.38. The van der Waals surface area contributed by atoms with Gasteiger partial charge in [-0.15, -0.1) is 0 Å². The normalized spacial score (nSPS) is 10.1. The van der Waals surface area contributed by atoms with Gasteiger partial charge in [-0.2, -0.15) is 0 Å². The van der Waals surface area contributed by atoms with Gasteiger partial charge in [0.1, 0.15) is 18.1 Å². The van der Waals surface area contributed by atoms with E-state index in [4.69, 9.17) is 15.2 Å². The van der Waals surface area contributed by atoms with Gasteiger partial charge in [0, 0.05) is 18.0 Å². The summed E-state index contributed by atoms with van der Waals surface area (Å²) in [6, 6.07) is 9.23. The van der Waals surface area contributed by atoms with E-state index < -0.39 is 0 Å². The quantitative estimate of drug-likeness (QED) is 0.840. The SMILES string of the molecule is COc1ccnc(COc2ccc(N)cc2C)c1. The molecule has 4 heteroatoms. The summed E-state index contributed by atoms with van der Waals surface area (Å²) in [5.74, 6) is 1.59. The molecule has 1 aromatic carbocycles. The zero-order chi connectivity index (χ0) is 13.0. The van der Waals surface area contributed by atoms with E-state index in [1.54, 1.807) is 19.4 Å². The standard InChI is InChI=1S/C14H16N2O2/c1-10-7-11(15)3-4-14(10)18-9-12-8-13(17-2)5-6-16-12/h3-8H,9,15H2,1-2H3. The van der Waals surface area contributed by atoms with Gasteiger partial charge < -0.3 is 15.2 Å². The highest BCUT2D eigenvalue weighted by Crippen LogP contribution is 2.21. The molecule has 4 nitrogen and oxygen atoms in total. The van der Waals surface area contributed by atoms with Crippen LogP contribution in [0.3, 0.4) is 0 Å². The first-order valence-electron chi connectivity index (χ1n) is 5.67. The number of ether oxygens (including phenoxy) is 2. The molecular formula is C14H16N2O2. The lowest BCUT2D eigenvalue weighted by Crippen LogP contribution is -2.00. The number of nitrogens with zero attached hydrogens (tertiary/aromatic N) is 1. The predicted octanol–water partition coefficient (Wildman–Crippen LogP) is 2.56. The first-order valence-corrected chi connectivity index (χ1v) is 5.67. The molecule has 0 fully saturated rings. The number of rotatable bonds is 4. The van der Waals surface area contributed by atoms with E-state index in [2.05, 4.69) is 4.98 Å². The number of aryl methyl sites for hydroxylation is 1. The lowest BCUT2D eigenvalue weighted by molar-refractivity contribution is 0.298. The Morgan fingerprint density at radius 1 is 1.22 bits per heavy atom. The van der Waals surface area contributed by atoms with Crippen LogP contribution in [0.2, 0.25) is 0 Å². The molecule has 0 amide bonds. The number of benzene rings is 1. The maximum Gasteiger partial charge on any atom is 0.130 e. The number of nitrogen functional groups attached to an aromatic ring is 1. The first kappa shape index (κ1) is 12.2. The van der Waals surface area contributed by atoms with Crippen LogP contribution >= 0.6 is 0 Å². The molecule has 0 bridgehead atoms. The third kappa shape index (κ3) is 2.91. The Bertz CT molecular complexity index is 541. The smallest absolute Gasteiger partial charge is 0.130 e. The third-order valence-corrected chi connectivity index (χ3v) is 2.60. The van der Waals surface area contributed by atoms with Crippen molar-refractivity contribution in [3.05, 3.63) is 47.8 Å². The molecule has 1 aromatic heterocycles. The van der Waals surface area contributed by atoms with Gasteiger partial charge in [-0.3, -0.25) is 4.98 Å². The summed E-state index contributed by atoms with van der Waals surface area (Å²) >= 11 is 0. The van der Waals surface area contributed by atoms with E-state index in [9.17, 15) is 0 Å². The molecule has 94 valence electrons. The zero-order valence-electron chi connectivity index (χ0n) is 10.5. The van der Waals surface area contributed by atoms with Crippen LogP contribution in [-0.4, -0.2) is 12.1 Å². The highest BCUT2D eigenvalue weighted by Gasteiger charge is 2.02. The van der Waals surface area contributed by atoms with Crippen molar-refractivity contribution in [3.63, 3.8) is 0 Å². The summed E-state index contributed by atoms with van der Waals surface area (Å²) < 4.78 is 10.8. The number of methoxy groups -OCH3 is 1. The maximum atomic E-state index is 5.70. The largest absolute Gasteiger partial charge is 0.497 e. The van der Waals surface area contributed by atoms with Crippen molar-refractivity contribution >= 4 is 5.69 Å². The second-order valence-electron chi connectivity index (χ2n) is 4.00. The minimum absolute atomic E-state index is 0.405. The van der Waals surface area contributed by atoms with Crippen molar-refractivity contribution in [2.45, 2.75) is 13.5 Å². The summed E-state index contributed by atoms with van der Waals surface area (Å²) in [5, 5.41) is 0. The van der Waals surface area contributed by atoms with E-state index in [1.165, 1.54) is 0 Å². The molecule has 2 rings (SSSR count). The van der Waals surface area contributed by atoms with Gasteiger partial charge >= 0.3 is 0 Å². The van der Waals surface area contributed by atoms with Gasteiger partial charge in [-0.05, 0) is 36.8 Å². The Morgan fingerprint density at radius 3 is 2.78 bits per heavy atom. The summed E-state index contributed by atoms with van der Waals surface area (Å²) in [6.07, 6.45) is 1.70. The molecule has 0 aliphatic heterocycles. The Kier molecular flexibility index (Phi) is 3.67. The molecule has 0 atom stereocenters. The van der Waals surface area contributed by atoms with E-state index in [0.29, 0.717) is 6.61 Å². The summed E-state index contributed by atoms with van der Waals surface area (Å²) in [5.41, 5.74) is 8.26. The molecule has 1 heterocycles. The van der Waals surface area contributed by atoms with Crippen molar-refractivity contribution in [1.29, 1.82) is 0 Å². The van der Waals surface area contributed by atoms with Crippen LogP contribution in [0.1, 0.15) is 11.3 Å². The van der Waals surface area contributed by atoms with E-state index >= 15 is 0 Å². The minimum Gasteiger partial charge on any atom is -0.497 e. The van der Waals surface area contributed by atoms with Gasteiger partial charge in [0.05, 0.1) is 12.8 Å². The predicted molar refractivity (Wildman–Crippen MR) is 70.7 cm³/mol. The van der Waals surface area contributed by atoms with Gasteiger partial charge in [0.15, 0.2) is 0 Å². The molecule has 0 saturated carbocycles. The summed E-state index contributed by atoms with van der Waals surface area (Å²) in [7, 11) is 1.63. The van der Waals surface area contributed by atoms with Gasteiger partial charge in [0.2, 0.25) is 0 Å². The van der Waals surface area contributed by atoms with Crippen LogP contribution < -0.4 is 15.2 Å². The van der Waals surface area contributed by atoms with Crippen molar-refractivity contribution in [2.24, 2.45) is 0 Å². The van der Waals surface area contributed by atoms with Crippen LogP contribution in [0.25, 0.3) is 0 Å². The van der Waals surface area contributed by atoms with Gasteiger partial charge in [-0.25, -0.2) is 0 Å². The zero-order valence-corrected chi connectivity index (χ0v) is 10.5. The second-order valence-corrected chi connectivity index (χ2v) is 4.00. The van der Waals surface area contributed by atoms with Crippen LogP contribution in [0.5, 0.6) is 11.5 Å². The lowest BCUT2D eigenvalue weighted by atomic mass is 10.2. The topological polar surface area (TPSA) is 57.4 Å². The molecular weight excluding hydrogens is 228 g/mol. The Balaban J connectivity index is 2.06. The van der Waals surface area contributed by atoms with Crippen LogP contribution in [-0.2, 0) is 6.61 Å². The fourth-order valence-corrected chi connectivity index (χ4v) is 1.65. The molecule has 0 aliphatic rings. The third-order valence-electron chi connectivity index (χ3n) is 2.60. The fourth-order valence-electron chi connectivity index (χ4n) is 1.65. The monoisotopic (exact) mass is 244 g/mol. The molecule has 2 N–H and O–H groups in total. The van der Waals surface area contributed by atoms with Crippen LogP contribution in [0, 0.1) is 6.92 Å². The Hall–Kier alpha value is -2.23. The number of aromatic nitrogens is 1. The van der Waals surface area contributed by atoms with E-state index in [0.717, 1.165) is 28.4 Å². The van der Waals surface area contributed by atoms with E-state index in [1.807, 2.05) is 31.2 Å². The van der Waals surface area contributed by atoms with Gasteiger partial charge in [0.25, 0.3) is 0 Å². The molecule has 0 aliphatic carbocycles. The average molecular weight is 244 g/mol.